The summed E-state index contributed by atoms with van der Waals surface area (Å²) < 4.78 is 41.5. The summed E-state index contributed by atoms with van der Waals surface area (Å²) in [6.45, 7) is 3.44. The van der Waals surface area contributed by atoms with Crippen molar-refractivity contribution in [1.29, 1.82) is 0 Å². The van der Waals surface area contributed by atoms with Crippen LogP contribution in [-0.2, 0) is 9.53 Å². The minimum atomic E-state index is -1.57. The molecule has 0 aliphatic heterocycles. The van der Waals surface area contributed by atoms with Crippen LogP contribution in [0.2, 0.25) is 0 Å². The minimum Gasteiger partial charge on any atom is -0.478 e. The van der Waals surface area contributed by atoms with Gasteiger partial charge in [-0.2, -0.15) is 4.68 Å². The molecule has 200 valence electrons. The van der Waals surface area contributed by atoms with Crippen LogP contribution < -0.4 is 10.1 Å². The Hall–Kier alpha value is -4.80. The van der Waals surface area contributed by atoms with Gasteiger partial charge in [-0.25, -0.2) is 18.4 Å². The number of carboxylic acids is 1. The molecule has 1 aliphatic carbocycles. The molecule has 1 aromatic heterocycles. The van der Waals surface area contributed by atoms with Gasteiger partial charge in [-0.1, -0.05) is 47.7 Å². The number of halogens is 2. The van der Waals surface area contributed by atoms with Crippen LogP contribution in [0.1, 0.15) is 37.1 Å². The van der Waals surface area contributed by atoms with E-state index in [2.05, 4.69) is 15.6 Å². The van der Waals surface area contributed by atoms with E-state index < -0.39 is 41.2 Å². The van der Waals surface area contributed by atoms with Gasteiger partial charge in [0.05, 0.1) is 5.69 Å². The summed E-state index contributed by atoms with van der Waals surface area (Å²) in [6, 6.07) is 18.0. The molecule has 0 unspecified atom stereocenters. The third-order valence-corrected chi connectivity index (χ3v) is 6.45. The van der Waals surface area contributed by atoms with Crippen molar-refractivity contribution in [2.75, 3.05) is 5.32 Å². The number of aliphatic carboxylic acids is 1. The van der Waals surface area contributed by atoms with Gasteiger partial charge in [0.1, 0.15) is 11.8 Å². The highest BCUT2D eigenvalue weighted by Crippen LogP contribution is 2.42. The van der Waals surface area contributed by atoms with Gasteiger partial charge >= 0.3 is 12.1 Å². The number of hydrogen-bond acceptors (Lipinski definition) is 6. The Kier molecular flexibility index (Phi) is 6.73. The van der Waals surface area contributed by atoms with Crippen molar-refractivity contribution in [3.8, 4) is 22.6 Å². The van der Waals surface area contributed by atoms with Gasteiger partial charge in [-0.15, -0.1) is 5.10 Å². The second-order valence-corrected chi connectivity index (χ2v) is 9.24. The lowest BCUT2D eigenvalue weighted by molar-refractivity contribution is -0.147. The number of aromatic nitrogens is 3. The lowest BCUT2D eigenvalue weighted by Gasteiger charge is -2.16. The maximum absolute atomic E-state index is 14.7. The van der Waals surface area contributed by atoms with Crippen LogP contribution in [-0.4, -0.2) is 37.8 Å². The van der Waals surface area contributed by atoms with Gasteiger partial charge in [0, 0.05) is 12.8 Å². The van der Waals surface area contributed by atoms with Gasteiger partial charge in [0.15, 0.2) is 23.2 Å². The Balaban J connectivity index is 1.32. The molecule has 2 N–H and O–H groups in total. The van der Waals surface area contributed by atoms with Crippen LogP contribution in [0.4, 0.5) is 19.4 Å². The molecular weight excluding hydrogens is 510 g/mol. The highest BCUT2D eigenvalue weighted by molar-refractivity contribution is 5.84. The van der Waals surface area contributed by atoms with E-state index in [1.54, 1.807) is 38.1 Å². The zero-order valence-corrected chi connectivity index (χ0v) is 21.0. The number of ether oxygens (including phenoxy) is 2. The average molecular weight is 535 g/mol. The molecule has 0 radical (unpaired) electrons. The molecule has 9 nitrogen and oxygen atoms in total. The van der Waals surface area contributed by atoms with Gasteiger partial charge in [0.25, 0.3) is 0 Å². The summed E-state index contributed by atoms with van der Waals surface area (Å²) in [5.41, 5.74) is 0.980. The fourth-order valence-electron chi connectivity index (χ4n) is 4.05. The molecule has 0 spiro atoms. The Morgan fingerprint density at radius 2 is 1.67 bits per heavy atom. The summed E-state index contributed by atoms with van der Waals surface area (Å²) in [7, 11) is 0. The zero-order chi connectivity index (χ0) is 27.7. The van der Waals surface area contributed by atoms with Crippen molar-refractivity contribution in [2.24, 2.45) is 0 Å². The van der Waals surface area contributed by atoms with Crippen LogP contribution in [0, 0.1) is 18.6 Å². The molecule has 4 aromatic rings. The monoisotopic (exact) mass is 534 g/mol. The van der Waals surface area contributed by atoms with E-state index in [1.807, 2.05) is 30.3 Å². The van der Waals surface area contributed by atoms with Crippen molar-refractivity contribution in [3.05, 3.63) is 89.6 Å². The Bertz CT molecular complexity index is 1510. The highest BCUT2D eigenvalue weighted by atomic mass is 19.1. The molecule has 1 amide bonds. The first-order chi connectivity index (χ1) is 18.7. The van der Waals surface area contributed by atoms with Crippen molar-refractivity contribution in [2.45, 2.75) is 38.4 Å². The molecule has 0 bridgehead atoms. The largest absolute Gasteiger partial charge is 0.478 e. The van der Waals surface area contributed by atoms with Crippen LogP contribution in [0.15, 0.2) is 66.7 Å². The summed E-state index contributed by atoms with van der Waals surface area (Å²) in [5.74, 6) is -3.65. The van der Waals surface area contributed by atoms with Gasteiger partial charge in [-0.05, 0) is 54.8 Å². The smallest absolute Gasteiger partial charge is 0.413 e. The first-order valence-corrected chi connectivity index (χ1v) is 12.1. The van der Waals surface area contributed by atoms with Gasteiger partial charge in [-0.3, -0.25) is 5.32 Å². The van der Waals surface area contributed by atoms with Crippen LogP contribution in [0.3, 0.4) is 0 Å². The lowest BCUT2D eigenvalue weighted by Crippen LogP contribution is -2.29. The Labute approximate surface area is 222 Å². The predicted octanol–water partition coefficient (Wildman–Crippen LogP) is 5.83. The quantitative estimate of drug-likeness (QED) is 0.292. The van der Waals surface area contributed by atoms with Crippen molar-refractivity contribution < 1.29 is 33.0 Å². The Morgan fingerprint density at radius 1 is 1.03 bits per heavy atom. The molecule has 0 saturated heterocycles. The molecule has 1 aliphatic rings. The number of hydrogen-bond donors (Lipinski definition) is 2. The second kappa shape index (κ2) is 10.2. The van der Waals surface area contributed by atoms with Crippen LogP contribution in [0.5, 0.6) is 5.75 Å². The number of aryl methyl sites for hydroxylation is 1. The van der Waals surface area contributed by atoms with Gasteiger partial charge in [0.2, 0.25) is 5.60 Å². The predicted molar refractivity (Wildman–Crippen MR) is 137 cm³/mol. The minimum absolute atomic E-state index is 0.187. The fourth-order valence-corrected chi connectivity index (χ4v) is 4.05. The third kappa shape index (κ3) is 5.28. The SMILES string of the molecule is Cc1nnn(-c2ccc(-c3cc(F)c(OC4(C(=O)O)CC4)c(F)c3)cc2)c1NC(=O)O[C@H](C)c1ccccc1. The van der Waals surface area contributed by atoms with Crippen molar-refractivity contribution in [3.63, 3.8) is 0 Å². The van der Waals surface area contributed by atoms with E-state index in [4.69, 9.17) is 9.47 Å². The summed E-state index contributed by atoms with van der Waals surface area (Å²) in [4.78, 5) is 23.9. The number of carboxylic acid groups (broad SMARTS) is 1. The maximum Gasteiger partial charge on any atom is 0.413 e. The summed E-state index contributed by atoms with van der Waals surface area (Å²) in [5, 5.41) is 20.0. The number of amides is 1. The van der Waals surface area contributed by atoms with Crippen molar-refractivity contribution in [1.82, 2.24) is 15.0 Å². The summed E-state index contributed by atoms with van der Waals surface area (Å²) in [6.07, 6.45) is -0.787. The topological polar surface area (TPSA) is 116 Å². The fraction of sp³-hybridized carbons (Fsp3) is 0.214. The second-order valence-electron chi connectivity index (χ2n) is 9.24. The van der Waals surface area contributed by atoms with E-state index in [-0.39, 0.29) is 18.4 Å². The van der Waals surface area contributed by atoms with Crippen molar-refractivity contribution >= 4 is 17.9 Å². The zero-order valence-electron chi connectivity index (χ0n) is 21.0. The first-order valence-electron chi connectivity index (χ1n) is 12.1. The molecule has 11 heteroatoms. The molecule has 1 fully saturated rings. The number of nitrogens with one attached hydrogen (secondary N) is 1. The number of carbonyl (C=O) groups is 2. The molecule has 1 atom stereocenters. The Morgan fingerprint density at radius 3 is 2.26 bits per heavy atom. The number of benzene rings is 3. The van der Waals surface area contributed by atoms with Crippen LogP contribution in [0.25, 0.3) is 16.8 Å². The van der Waals surface area contributed by atoms with E-state index in [1.165, 1.54) is 4.68 Å². The lowest BCUT2D eigenvalue weighted by atomic mass is 10.0. The number of nitrogens with zero attached hydrogens (tertiary/aromatic N) is 3. The summed E-state index contributed by atoms with van der Waals surface area (Å²) >= 11 is 0. The van der Waals surface area contributed by atoms with Crippen LogP contribution >= 0.6 is 0 Å². The van der Waals surface area contributed by atoms with E-state index >= 15 is 0 Å². The number of anilines is 1. The van der Waals surface area contributed by atoms with Gasteiger partial charge < -0.3 is 14.6 Å². The molecule has 3 aromatic carbocycles. The van der Waals surface area contributed by atoms with E-state index in [0.717, 1.165) is 17.7 Å². The molecule has 39 heavy (non-hydrogen) atoms. The molecule has 1 saturated carbocycles. The normalized spacial score (nSPS) is 14.4. The average Bonchev–Trinajstić information content (AvgIpc) is 3.64. The highest BCUT2D eigenvalue weighted by Gasteiger charge is 2.54. The molecule has 5 rings (SSSR count). The standard InChI is InChI=1S/C28H24F2N4O5/c1-16-25(31-27(37)38-17(2)18-6-4-3-5-7-18)34(33-32-16)21-10-8-19(9-11-21)20-14-22(29)24(23(30)15-20)39-28(12-13-28)26(35)36/h3-11,14-15,17H,12-13H2,1-2H3,(H,31,37)(H,35,36)/t17-/m1/s1. The molecular formula is C28H24F2N4O5. The first kappa shape index (κ1) is 25.8. The van der Waals surface area contributed by atoms with E-state index in [9.17, 15) is 23.5 Å². The molecule has 1 heterocycles. The maximum atomic E-state index is 14.7. The van der Waals surface area contributed by atoms with E-state index in [0.29, 0.717) is 22.8 Å². The third-order valence-electron chi connectivity index (χ3n) is 6.45. The number of carbonyl (C=O) groups excluding carboxylic acids is 1. The number of rotatable bonds is 8.